The first-order chi connectivity index (χ1) is 9.36. The second-order valence-electron chi connectivity index (χ2n) is 3.71. The number of hydrogen-bond acceptors (Lipinski definition) is 5. The quantitative estimate of drug-likeness (QED) is 0.471. The molecule has 0 unspecified atom stereocenters. The summed E-state index contributed by atoms with van der Waals surface area (Å²) >= 11 is 17.5. The van der Waals surface area contributed by atoms with Crippen LogP contribution < -0.4 is 4.74 Å². The molecule has 0 bridgehead atoms. The van der Waals surface area contributed by atoms with Crippen molar-refractivity contribution in [3.05, 3.63) is 49.3 Å². The number of nitrogens with zero attached hydrogens (tertiary/aromatic N) is 3. The Morgan fingerprint density at radius 1 is 1.15 bits per heavy atom. The minimum absolute atomic E-state index is 0.00316. The highest BCUT2D eigenvalue weighted by molar-refractivity contribution is 6.37. The zero-order valence-electron chi connectivity index (χ0n) is 9.93. The molecule has 1 aromatic carbocycles. The topological polar surface area (TPSA) is 78.2 Å². The standard InChI is InChI=1S/C11H6Cl3N3O3/c1-5-2-9(16-11(14)15-5)20-10-7(12)3-6(17(18)19)4-8(10)13/h2-4H,1H3. The van der Waals surface area contributed by atoms with Crippen LogP contribution in [-0.4, -0.2) is 14.9 Å². The van der Waals surface area contributed by atoms with E-state index in [9.17, 15) is 10.1 Å². The van der Waals surface area contributed by atoms with Crippen molar-refractivity contribution >= 4 is 40.5 Å². The maximum absolute atomic E-state index is 10.7. The van der Waals surface area contributed by atoms with Crippen LogP contribution in [0.3, 0.4) is 0 Å². The van der Waals surface area contributed by atoms with E-state index in [0.29, 0.717) is 5.69 Å². The van der Waals surface area contributed by atoms with E-state index in [0.717, 1.165) is 12.1 Å². The molecule has 2 aromatic rings. The molecule has 0 fully saturated rings. The van der Waals surface area contributed by atoms with E-state index in [4.69, 9.17) is 39.5 Å². The van der Waals surface area contributed by atoms with Crippen molar-refractivity contribution in [3.63, 3.8) is 0 Å². The Morgan fingerprint density at radius 3 is 2.25 bits per heavy atom. The van der Waals surface area contributed by atoms with E-state index in [-0.39, 0.29) is 32.6 Å². The monoisotopic (exact) mass is 333 g/mol. The number of rotatable bonds is 3. The average molecular weight is 335 g/mol. The van der Waals surface area contributed by atoms with Gasteiger partial charge in [-0.05, 0) is 18.5 Å². The predicted molar refractivity (Wildman–Crippen MR) is 75.0 cm³/mol. The molecule has 0 saturated carbocycles. The number of nitro benzene ring substituents is 1. The van der Waals surface area contributed by atoms with E-state index in [2.05, 4.69) is 9.97 Å². The van der Waals surface area contributed by atoms with Gasteiger partial charge in [-0.3, -0.25) is 10.1 Å². The SMILES string of the molecule is Cc1cc(Oc2c(Cl)cc([N+](=O)[O-])cc2Cl)nc(Cl)n1. The van der Waals surface area contributed by atoms with Crippen molar-refractivity contribution in [3.8, 4) is 11.6 Å². The summed E-state index contributed by atoms with van der Waals surface area (Å²) in [6.07, 6.45) is 0. The number of nitro groups is 1. The number of aromatic nitrogens is 2. The van der Waals surface area contributed by atoms with E-state index in [1.165, 1.54) is 6.07 Å². The van der Waals surface area contributed by atoms with Crippen LogP contribution in [0.2, 0.25) is 15.3 Å². The minimum atomic E-state index is -0.604. The van der Waals surface area contributed by atoms with Gasteiger partial charge in [-0.25, -0.2) is 4.98 Å². The molecule has 20 heavy (non-hydrogen) atoms. The lowest BCUT2D eigenvalue weighted by atomic mass is 10.3. The van der Waals surface area contributed by atoms with Gasteiger partial charge in [0.1, 0.15) is 0 Å². The maximum atomic E-state index is 10.7. The molecule has 0 aliphatic heterocycles. The molecule has 2 rings (SSSR count). The molecule has 104 valence electrons. The van der Waals surface area contributed by atoms with Crippen molar-refractivity contribution in [2.45, 2.75) is 6.92 Å². The molecule has 9 heteroatoms. The van der Waals surface area contributed by atoms with E-state index >= 15 is 0 Å². The van der Waals surface area contributed by atoms with Crippen LogP contribution in [0.5, 0.6) is 11.6 Å². The van der Waals surface area contributed by atoms with Crippen LogP contribution in [0.1, 0.15) is 5.69 Å². The summed E-state index contributed by atoms with van der Waals surface area (Å²) in [6, 6.07) is 3.80. The Hall–Kier alpha value is -1.63. The normalized spacial score (nSPS) is 10.4. The zero-order valence-corrected chi connectivity index (χ0v) is 12.2. The second-order valence-corrected chi connectivity index (χ2v) is 4.87. The van der Waals surface area contributed by atoms with E-state index in [1.807, 2.05) is 0 Å². The first-order valence-corrected chi connectivity index (χ1v) is 6.32. The smallest absolute Gasteiger partial charge is 0.272 e. The number of aryl methyl sites for hydroxylation is 1. The summed E-state index contributed by atoms with van der Waals surface area (Å²) in [6.45, 7) is 1.71. The average Bonchev–Trinajstić information content (AvgIpc) is 2.32. The summed E-state index contributed by atoms with van der Waals surface area (Å²) in [4.78, 5) is 17.8. The van der Waals surface area contributed by atoms with Gasteiger partial charge >= 0.3 is 0 Å². The zero-order chi connectivity index (χ0) is 14.9. The Balaban J connectivity index is 2.41. The van der Waals surface area contributed by atoms with Crippen LogP contribution in [0, 0.1) is 17.0 Å². The third-order valence-electron chi connectivity index (χ3n) is 2.20. The van der Waals surface area contributed by atoms with Crippen LogP contribution in [0.25, 0.3) is 0 Å². The Labute approximate surface area is 128 Å². The van der Waals surface area contributed by atoms with Crippen molar-refractivity contribution in [1.82, 2.24) is 9.97 Å². The van der Waals surface area contributed by atoms with Crippen LogP contribution >= 0.6 is 34.8 Å². The Morgan fingerprint density at radius 2 is 1.75 bits per heavy atom. The van der Waals surface area contributed by atoms with Gasteiger partial charge in [0.05, 0.1) is 15.0 Å². The van der Waals surface area contributed by atoms with Gasteiger partial charge in [0.2, 0.25) is 11.2 Å². The fourth-order valence-corrected chi connectivity index (χ4v) is 2.18. The molecule has 0 saturated heterocycles. The number of benzene rings is 1. The maximum Gasteiger partial charge on any atom is 0.272 e. The molecule has 0 N–H and O–H groups in total. The lowest BCUT2D eigenvalue weighted by Crippen LogP contribution is -1.95. The molecular weight excluding hydrogens is 328 g/mol. The van der Waals surface area contributed by atoms with E-state index < -0.39 is 4.92 Å². The fourth-order valence-electron chi connectivity index (χ4n) is 1.41. The van der Waals surface area contributed by atoms with Gasteiger partial charge in [-0.15, -0.1) is 0 Å². The second kappa shape index (κ2) is 5.78. The first-order valence-electron chi connectivity index (χ1n) is 5.19. The highest BCUT2D eigenvalue weighted by Gasteiger charge is 2.17. The summed E-state index contributed by atoms with van der Waals surface area (Å²) in [5.74, 6) is 0.202. The van der Waals surface area contributed by atoms with Gasteiger partial charge < -0.3 is 4.74 Å². The van der Waals surface area contributed by atoms with Gasteiger partial charge in [0.15, 0.2) is 5.75 Å². The molecule has 0 aliphatic carbocycles. The molecule has 1 heterocycles. The largest absolute Gasteiger partial charge is 0.436 e. The third-order valence-corrected chi connectivity index (χ3v) is 2.93. The number of non-ortho nitro benzene ring substituents is 1. The van der Waals surface area contributed by atoms with Gasteiger partial charge in [0.25, 0.3) is 5.69 Å². The highest BCUT2D eigenvalue weighted by Crippen LogP contribution is 2.39. The molecule has 0 amide bonds. The van der Waals surface area contributed by atoms with Crippen LogP contribution in [0.15, 0.2) is 18.2 Å². The lowest BCUT2D eigenvalue weighted by molar-refractivity contribution is -0.384. The van der Waals surface area contributed by atoms with Crippen LogP contribution in [-0.2, 0) is 0 Å². The summed E-state index contributed by atoms with van der Waals surface area (Å²) in [7, 11) is 0. The third kappa shape index (κ3) is 3.27. The Bertz CT molecular complexity index is 651. The summed E-state index contributed by atoms with van der Waals surface area (Å²) in [5.41, 5.74) is 0.360. The first kappa shape index (κ1) is 14.8. The van der Waals surface area contributed by atoms with Gasteiger partial charge in [-0.2, -0.15) is 4.98 Å². The summed E-state index contributed by atoms with van der Waals surface area (Å²) in [5, 5.41) is 10.7. The van der Waals surface area contributed by atoms with E-state index in [1.54, 1.807) is 6.92 Å². The predicted octanol–water partition coefficient (Wildman–Crippen LogP) is 4.45. The van der Waals surface area contributed by atoms with Gasteiger partial charge in [0, 0.05) is 23.9 Å². The highest BCUT2D eigenvalue weighted by atomic mass is 35.5. The van der Waals surface area contributed by atoms with Crippen molar-refractivity contribution < 1.29 is 9.66 Å². The minimum Gasteiger partial charge on any atom is -0.436 e. The molecule has 0 radical (unpaired) electrons. The molecule has 6 nitrogen and oxygen atoms in total. The van der Waals surface area contributed by atoms with Crippen molar-refractivity contribution in [2.75, 3.05) is 0 Å². The number of hydrogen-bond donors (Lipinski definition) is 0. The number of halogens is 3. The molecule has 1 aromatic heterocycles. The van der Waals surface area contributed by atoms with Crippen LogP contribution in [0.4, 0.5) is 5.69 Å². The lowest BCUT2D eigenvalue weighted by Gasteiger charge is -2.09. The number of ether oxygens (including phenoxy) is 1. The van der Waals surface area contributed by atoms with Gasteiger partial charge in [-0.1, -0.05) is 23.2 Å². The summed E-state index contributed by atoms with van der Waals surface area (Å²) < 4.78 is 5.41. The molecule has 0 atom stereocenters. The molecule has 0 aliphatic rings. The Kier molecular flexibility index (Phi) is 4.27. The molecule has 0 spiro atoms. The van der Waals surface area contributed by atoms with Crippen molar-refractivity contribution in [2.24, 2.45) is 0 Å². The fraction of sp³-hybridized carbons (Fsp3) is 0.0909. The van der Waals surface area contributed by atoms with Crippen molar-refractivity contribution in [1.29, 1.82) is 0 Å². The molecular formula is C11H6Cl3N3O3.